The quantitative estimate of drug-likeness (QED) is 0.659. The average Bonchev–Trinajstić information content (AvgIpc) is 1.82. The molecule has 0 rings (SSSR count). The Hall–Kier alpha value is 0.270. The summed E-state index contributed by atoms with van der Waals surface area (Å²) in [5.41, 5.74) is 0. The highest BCUT2D eigenvalue weighted by Crippen LogP contribution is 2.29. The second-order valence-electron chi connectivity index (χ2n) is 3.47. The first kappa shape index (κ1) is 12.3. The molecular weight excluding hydrogens is 233 g/mol. The van der Waals surface area contributed by atoms with Gasteiger partial charge in [-0.2, -0.15) is 13.2 Å². The fraction of sp³-hybridized carbons (Fsp3) is 1.00. The van der Waals surface area contributed by atoms with E-state index in [0.717, 1.165) is 0 Å². The highest BCUT2D eigenvalue weighted by molar-refractivity contribution is 9.09. The molecule has 0 bridgehead atoms. The Morgan fingerprint density at radius 1 is 1.25 bits per heavy atom. The third kappa shape index (κ3) is 6.95. The van der Waals surface area contributed by atoms with Crippen LogP contribution in [0.1, 0.15) is 26.7 Å². The molecule has 0 aliphatic heterocycles. The lowest BCUT2D eigenvalue weighted by molar-refractivity contribution is -0.143. The first-order valence-corrected chi connectivity index (χ1v) is 5.10. The minimum atomic E-state index is -4.02. The van der Waals surface area contributed by atoms with Crippen LogP contribution in [0.5, 0.6) is 0 Å². The first-order valence-electron chi connectivity index (χ1n) is 3.98. The van der Waals surface area contributed by atoms with Crippen molar-refractivity contribution < 1.29 is 13.2 Å². The molecule has 0 saturated heterocycles. The normalized spacial score (nSPS) is 15.2. The van der Waals surface area contributed by atoms with E-state index in [0.29, 0.717) is 17.7 Å². The van der Waals surface area contributed by atoms with Gasteiger partial charge >= 0.3 is 6.18 Å². The Kier molecular flexibility index (Phi) is 5.21. The van der Waals surface area contributed by atoms with Crippen molar-refractivity contribution in [3.63, 3.8) is 0 Å². The minimum Gasteiger partial charge on any atom is -0.171 e. The molecule has 74 valence electrons. The van der Waals surface area contributed by atoms with E-state index >= 15 is 0 Å². The van der Waals surface area contributed by atoms with Gasteiger partial charge in [0.05, 0.1) is 0 Å². The molecule has 0 radical (unpaired) electrons. The molecule has 0 aromatic carbocycles. The Balaban J connectivity index is 3.83. The van der Waals surface area contributed by atoms with Gasteiger partial charge in [0.1, 0.15) is 0 Å². The first-order chi connectivity index (χ1) is 5.35. The zero-order valence-electron chi connectivity index (χ0n) is 7.29. The SMILES string of the molecule is CC(C)CC(CBr)CC(F)(F)F. The molecule has 0 aromatic heterocycles. The van der Waals surface area contributed by atoms with Crippen molar-refractivity contribution in [3.8, 4) is 0 Å². The largest absolute Gasteiger partial charge is 0.389 e. The molecule has 0 aliphatic rings. The lowest BCUT2D eigenvalue weighted by Gasteiger charge is -2.17. The van der Waals surface area contributed by atoms with E-state index in [4.69, 9.17) is 0 Å². The summed E-state index contributed by atoms with van der Waals surface area (Å²) in [6.07, 6.45) is -4.06. The van der Waals surface area contributed by atoms with Gasteiger partial charge in [0.15, 0.2) is 0 Å². The molecule has 0 amide bonds. The lowest BCUT2D eigenvalue weighted by Crippen LogP contribution is -2.17. The van der Waals surface area contributed by atoms with Crippen LogP contribution in [0.3, 0.4) is 0 Å². The summed E-state index contributed by atoms with van der Waals surface area (Å²) >= 11 is 3.10. The second-order valence-corrected chi connectivity index (χ2v) is 4.12. The lowest BCUT2D eigenvalue weighted by atomic mass is 9.96. The van der Waals surface area contributed by atoms with Gasteiger partial charge in [0, 0.05) is 11.8 Å². The molecule has 0 fully saturated rings. The number of alkyl halides is 4. The molecule has 4 heteroatoms. The Labute approximate surface area is 79.7 Å². The zero-order valence-corrected chi connectivity index (χ0v) is 8.87. The van der Waals surface area contributed by atoms with Crippen LogP contribution in [0.15, 0.2) is 0 Å². The van der Waals surface area contributed by atoms with Crippen LogP contribution in [0.4, 0.5) is 13.2 Å². The van der Waals surface area contributed by atoms with Gasteiger partial charge in [-0.15, -0.1) is 0 Å². The van der Waals surface area contributed by atoms with Crippen LogP contribution >= 0.6 is 15.9 Å². The molecule has 0 N–H and O–H groups in total. The van der Waals surface area contributed by atoms with E-state index in [2.05, 4.69) is 15.9 Å². The van der Waals surface area contributed by atoms with Gasteiger partial charge in [-0.3, -0.25) is 0 Å². The second kappa shape index (κ2) is 5.10. The van der Waals surface area contributed by atoms with Crippen LogP contribution in [-0.4, -0.2) is 11.5 Å². The number of halogens is 4. The van der Waals surface area contributed by atoms with Crippen LogP contribution in [-0.2, 0) is 0 Å². The van der Waals surface area contributed by atoms with Gasteiger partial charge < -0.3 is 0 Å². The van der Waals surface area contributed by atoms with E-state index in [1.165, 1.54) is 0 Å². The van der Waals surface area contributed by atoms with Crippen molar-refractivity contribution >= 4 is 15.9 Å². The summed E-state index contributed by atoms with van der Waals surface area (Å²) in [5, 5.41) is 0.435. The molecule has 0 spiro atoms. The van der Waals surface area contributed by atoms with E-state index < -0.39 is 12.6 Å². The van der Waals surface area contributed by atoms with Crippen LogP contribution < -0.4 is 0 Å². The molecule has 0 heterocycles. The fourth-order valence-electron chi connectivity index (χ4n) is 1.19. The maximum Gasteiger partial charge on any atom is 0.389 e. The van der Waals surface area contributed by atoms with Gasteiger partial charge in [-0.25, -0.2) is 0 Å². The maximum atomic E-state index is 11.9. The summed E-state index contributed by atoms with van der Waals surface area (Å²) in [5.74, 6) is 0.0555. The highest BCUT2D eigenvalue weighted by Gasteiger charge is 2.31. The van der Waals surface area contributed by atoms with Gasteiger partial charge in [0.2, 0.25) is 0 Å². The average molecular weight is 247 g/mol. The van der Waals surface area contributed by atoms with Crippen LogP contribution in [0.25, 0.3) is 0 Å². The Morgan fingerprint density at radius 3 is 2.00 bits per heavy atom. The van der Waals surface area contributed by atoms with Gasteiger partial charge in [0.25, 0.3) is 0 Å². The van der Waals surface area contributed by atoms with E-state index in [1.807, 2.05) is 13.8 Å². The number of hydrogen-bond donors (Lipinski definition) is 0. The predicted molar refractivity (Wildman–Crippen MR) is 47.4 cm³/mol. The smallest absolute Gasteiger partial charge is 0.171 e. The monoisotopic (exact) mass is 246 g/mol. The molecule has 0 saturated carbocycles. The van der Waals surface area contributed by atoms with E-state index in [1.54, 1.807) is 0 Å². The Bertz CT molecular complexity index is 120. The summed E-state index contributed by atoms with van der Waals surface area (Å²) < 4.78 is 35.8. The number of rotatable bonds is 4. The van der Waals surface area contributed by atoms with E-state index in [9.17, 15) is 13.2 Å². The third-order valence-corrected chi connectivity index (χ3v) is 2.46. The topological polar surface area (TPSA) is 0 Å². The standard InChI is InChI=1S/C8H14BrF3/c1-6(2)3-7(5-9)4-8(10,11)12/h6-7H,3-5H2,1-2H3. The predicted octanol–water partition coefficient (Wildman–Crippen LogP) is 4.00. The Morgan fingerprint density at radius 2 is 1.75 bits per heavy atom. The van der Waals surface area contributed by atoms with Crippen molar-refractivity contribution in [2.24, 2.45) is 11.8 Å². The maximum absolute atomic E-state index is 11.9. The minimum absolute atomic E-state index is 0.273. The zero-order chi connectivity index (χ0) is 9.78. The molecule has 1 unspecified atom stereocenters. The van der Waals surface area contributed by atoms with Crippen molar-refractivity contribution in [1.82, 2.24) is 0 Å². The van der Waals surface area contributed by atoms with Crippen molar-refractivity contribution in [2.75, 3.05) is 5.33 Å². The van der Waals surface area contributed by atoms with Crippen molar-refractivity contribution in [2.45, 2.75) is 32.9 Å². The van der Waals surface area contributed by atoms with Crippen molar-refractivity contribution in [1.29, 1.82) is 0 Å². The fourth-order valence-corrected chi connectivity index (χ4v) is 1.69. The van der Waals surface area contributed by atoms with Gasteiger partial charge in [-0.05, 0) is 18.3 Å². The van der Waals surface area contributed by atoms with Crippen LogP contribution in [0.2, 0.25) is 0 Å². The van der Waals surface area contributed by atoms with Gasteiger partial charge in [-0.1, -0.05) is 29.8 Å². The summed E-state index contributed by atoms with van der Waals surface area (Å²) in [4.78, 5) is 0. The molecule has 0 nitrogen and oxygen atoms in total. The van der Waals surface area contributed by atoms with E-state index in [-0.39, 0.29) is 5.92 Å². The van der Waals surface area contributed by atoms with Crippen LogP contribution in [0, 0.1) is 11.8 Å². The summed E-state index contributed by atoms with van der Waals surface area (Å²) in [6, 6.07) is 0. The molecule has 0 aromatic rings. The highest BCUT2D eigenvalue weighted by atomic mass is 79.9. The molecule has 0 aliphatic carbocycles. The summed E-state index contributed by atoms with van der Waals surface area (Å²) in [6.45, 7) is 3.87. The molecular formula is C8H14BrF3. The summed E-state index contributed by atoms with van der Waals surface area (Å²) in [7, 11) is 0. The molecule has 12 heavy (non-hydrogen) atoms. The van der Waals surface area contributed by atoms with Crippen molar-refractivity contribution in [3.05, 3.63) is 0 Å². The number of hydrogen-bond acceptors (Lipinski definition) is 0. The third-order valence-electron chi connectivity index (χ3n) is 1.54. The molecule has 1 atom stereocenters.